The van der Waals surface area contributed by atoms with Gasteiger partial charge in [-0.1, -0.05) is 18.2 Å². The fourth-order valence-corrected chi connectivity index (χ4v) is 3.05. The van der Waals surface area contributed by atoms with Crippen molar-refractivity contribution in [3.63, 3.8) is 0 Å². The Morgan fingerprint density at radius 2 is 1.70 bits per heavy atom. The van der Waals surface area contributed by atoms with Crippen molar-refractivity contribution < 1.29 is 14.2 Å². The third kappa shape index (κ3) is 3.37. The van der Waals surface area contributed by atoms with Gasteiger partial charge in [-0.05, 0) is 24.3 Å². The van der Waals surface area contributed by atoms with E-state index in [0.29, 0.717) is 33.8 Å². The highest BCUT2D eigenvalue weighted by Gasteiger charge is 2.13. The average molecular weight is 405 g/mol. The summed E-state index contributed by atoms with van der Waals surface area (Å²) in [6.07, 6.45) is 4.37. The molecule has 0 bridgehead atoms. The summed E-state index contributed by atoms with van der Waals surface area (Å²) in [5, 5.41) is 8.90. The largest absolute Gasteiger partial charge is 0.493 e. The van der Waals surface area contributed by atoms with Crippen LogP contribution >= 0.6 is 0 Å². The number of hydrogen-bond donors (Lipinski definition) is 0. The van der Waals surface area contributed by atoms with E-state index in [2.05, 4.69) is 15.2 Å². The molecule has 4 aromatic rings. The van der Waals surface area contributed by atoms with E-state index in [9.17, 15) is 4.79 Å². The third-order valence-electron chi connectivity index (χ3n) is 4.49. The summed E-state index contributed by atoms with van der Waals surface area (Å²) >= 11 is 0. The van der Waals surface area contributed by atoms with Crippen molar-refractivity contribution in [2.24, 2.45) is 5.10 Å². The van der Waals surface area contributed by atoms with Crippen LogP contribution in [0.4, 0.5) is 0 Å². The number of nitrogens with zero attached hydrogens (tertiary/aromatic N) is 5. The van der Waals surface area contributed by atoms with Gasteiger partial charge in [0.05, 0.1) is 39.4 Å². The van der Waals surface area contributed by atoms with Gasteiger partial charge in [0.15, 0.2) is 17.1 Å². The summed E-state index contributed by atoms with van der Waals surface area (Å²) in [6.45, 7) is 0. The molecular formula is C21H19N5O4. The second kappa shape index (κ2) is 8.08. The Morgan fingerprint density at radius 3 is 2.33 bits per heavy atom. The quantitative estimate of drug-likeness (QED) is 0.458. The maximum atomic E-state index is 12.8. The third-order valence-corrected chi connectivity index (χ3v) is 4.49. The maximum Gasteiger partial charge on any atom is 0.285 e. The Labute approximate surface area is 171 Å². The Bertz CT molecular complexity index is 1250. The summed E-state index contributed by atoms with van der Waals surface area (Å²) in [4.78, 5) is 17.2. The van der Waals surface area contributed by atoms with Crippen LogP contribution in [0.2, 0.25) is 0 Å². The van der Waals surface area contributed by atoms with Crippen molar-refractivity contribution >= 4 is 17.2 Å². The van der Waals surface area contributed by atoms with Gasteiger partial charge in [-0.3, -0.25) is 4.79 Å². The molecule has 0 aliphatic carbocycles. The van der Waals surface area contributed by atoms with Crippen molar-refractivity contribution in [2.45, 2.75) is 0 Å². The van der Waals surface area contributed by atoms with E-state index in [1.54, 1.807) is 16.8 Å². The molecule has 0 saturated carbocycles. The molecule has 0 N–H and O–H groups in total. The second-order valence-corrected chi connectivity index (χ2v) is 6.23. The molecule has 0 spiro atoms. The molecule has 30 heavy (non-hydrogen) atoms. The van der Waals surface area contributed by atoms with Crippen LogP contribution in [0, 0.1) is 0 Å². The molecule has 2 aromatic heterocycles. The number of para-hydroxylation sites is 1. The maximum absolute atomic E-state index is 12.8. The minimum Gasteiger partial charge on any atom is -0.493 e. The standard InChI is InChI=1S/C21H19N5O4/c1-28-17-9-14(10-18(29-2)19(17)30-3)11-23-25-13-22-20-16(21(25)27)12-24-26(20)15-7-5-4-6-8-15/h4-13H,1-3H3/b23-11-. The van der Waals surface area contributed by atoms with Gasteiger partial charge in [-0.15, -0.1) is 0 Å². The predicted octanol–water partition coefficient (Wildman–Crippen LogP) is 2.49. The average Bonchev–Trinajstić information content (AvgIpc) is 3.23. The van der Waals surface area contributed by atoms with Crippen molar-refractivity contribution in [3.05, 3.63) is 70.9 Å². The van der Waals surface area contributed by atoms with E-state index >= 15 is 0 Å². The van der Waals surface area contributed by atoms with Gasteiger partial charge in [-0.25, -0.2) is 9.67 Å². The van der Waals surface area contributed by atoms with Crippen LogP contribution in [-0.2, 0) is 0 Å². The van der Waals surface area contributed by atoms with Crippen molar-refractivity contribution in [3.8, 4) is 22.9 Å². The van der Waals surface area contributed by atoms with Crippen molar-refractivity contribution in [1.29, 1.82) is 0 Å². The first-order valence-corrected chi connectivity index (χ1v) is 9.01. The molecule has 0 saturated heterocycles. The number of methoxy groups -OCH3 is 3. The zero-order valence-electron chi connectivity index (χ0n) is 16.6. The van der Waals surface area contributed by atoms with E-state index in [4.69, 9.17) is 14.2 Å². The lowest BCUT2D eigenvalue weighted by molar-refractivity contribution is 0.324. The summed E-state index contributed by atoms with van der Waals surface area (Å²) in [5.41, 5.74) is 1.62. The minimum atomic E-state index is -0.328. The lowest BCUT2D eigenvalue weighted by Gasteiger charge is -2.12. The summed E-state index contributed by atoms with van der Waals surface area (Å²) < 4.78 is 18.8. The fraction of sp³-hybridized carbons (Fsp3) is 0.143. The lowest BCUT2D eigenvalue weighted by Crippen LogP contribution is -2.17. The van der Waals surface area contributed by atoms with Crippen LogP contribution < -0.4 is 19.8 Å². The van der Waals surface area contributed by atoms with Gasteiger partial charge in [0.25, 0.3) is 5.56 Å². The van der Waals surface area contributed by atoms with Gasteiger partial charge >= 0.3 is 0 Å². The number of benzene rings is 2. The van der Waals surface area contributed by atoms with Gasteiger partial charge in [-0.2, -0.15) is 14.9 Å². The first-order valence-electron chi connectivity index (χ1n) is 9.01. The Morgan fingerprint density at radius 1 is 1.00 bits per heavy atom. The van der Waals surface area contributed by atoms with Crippen LogP contribution in [0.1, 0.15) is 5.56 Å². The van der Waals surface area contributed by atoms with E-state index < -0.39 is 0 Å². The molecule has 0 unspecified atom stereocenters. The van der Waals surface area contributed by atoms with E-state index in [0.717, 1.165) is 10.4 Å². The van der Waals surface area contributed by atoms with Crippen molar-refractivity contribution in [2.75, 3.05) is 21.3 Å². The van der Waals surface area contributed by atoms with Gasteiger partial charge in [0, 0.05) is 5.56 Å². The molecule has 2 aromatic carbocycles. The fourth-order valence-electron chi connectivity index (χ4n) is 3.05. The van der Waals surface area contributed by atoms with Crippen LogP contribution in [0.25, 0.3) is 16.7 Å². The zero-order chi connectivity index (χ0) is 21.1. The second-order valence-electron chi connectivity index (χ2n) is 6.23. The van der Waals surface area contributed by atoms with E-state index in [-0.39, 0.29) is 5.56 Å². The molecule has 2 heterocycles. The Kier molecular flexibility index (Phi) is 5.17. The first-order chi connectivity index (χ1) is 14.7. The highest BCUT2D eigenvalue weighted by atomic mass is 16.5. The number of ether oxygens (including phenoxy) is 3. The van der Waals surface area contributed by atoms with Crippen LogP contribution in [0.15, 0.2) is 64.9 Å². The number of rotatable bonds is 6. The Hall–Kier alpha value is -4.14. The highest BCUT2D eigenvalue weighted by molar-refractivity contribution is 5.82. The molecule has 0 fully saturated rings. The molecule has 0 aliphatic heterocycles. The highest BCUT2D eigenvalue weighted by Crippen LogP contribution is 2.37. The molecular weight excluding hydrogens is 386 g/mol. The molecule has 9 nitrogen and oxygen atoms in total. The zero-order valence-corrected chi connectivity index (χ0v) is 16.6. The Balaban J connectivity index is 1.72. The van der Waals surface area contributed by atoms with E-state index in [1.807, 2.05) is 30.3 Å². The summed E-state index contributed by atoms with van der Waals surface area (Å²) in [6, 6.07) is 12.9. The SMILES string of the molecule is COc1cc(/C=N\n2cnc3c(cnn3-c3ccccc3)c2=O)cc(OC)c1OC. The van der Waals surface area contributed by atoms with Gasteiger partial charge in [0.1, 0.15) is 11.7 Å². The van der Waals surface area contributed by atoms with Crippen LogP contribution in [0.3, 0.4) is 0 Å². The molecule has 0 radical (unpaired) electrons. The lowest BCUT2D eigenvalue weighted by atomic mass is 10.2. The van der Waals surface area contributed by atoms with Crippen LogP contribution in [0.5, 0.6) is 17.2 Å². The smallest absolute Gasteiger partial charge is 0.285 e. The number of hydrogen-bond acceptors (Lipinski definition) is 7. The van der Waals surface area contributed by atoms with Crippen LogP contribution in [-0.4, -0.2) is 47.0 Å². The first kappa shape index (κ1) is 19.2. The topological polar surface area (TPSA) is 92.8 Å². The van der Waals surface area contributed by atoms with Gasteiger partial charge < -0.3 is 14.2 Å². The molecule has 152 valence electrons. The number of fused-ring (bicyclic) bond motifs is 1. The minimum absolute atomic E-state index is 0.328. The predicted molar refractivity (Wildman–Crippen MR) is 112 cm³/mol. The normalized spacial score (nSPS) is 11.2. The van der Waals surface area contributed by atoms with Crippen molar-refractivity contribution in [1.82, 2.24) is 19.4 Å². The molecule has 0 amide bonds. The monoisotopic (exact) mass is 405 g/mol. The number of aromatic nitrogens is 4. The molecule has 4 rings (SSSR count). The molecule has 0 atom stereocenters. The van der Waals surface area contributed by atoms with Gasteiger partial charge in [0.2, 0.25) is 5.75 Å². The summed E-state index contributed by atoms with van der Waals surface area (Å²) in [7, 11) is 4.60. The molecule has 9 heteroatoms. The van der Waals surface area contributed by atoms with E-state index in [1.165, 1.54) is 40.1 Å². The summed E-state index contributed by atoms with van der Waals surface area (Å²) in [5.74, 6) is 1.46. The molecule has 0 aliphatic rings.